The summed E-state index contributed by atoms with van der Waals surface area (Å²) in [6.07, 6.45) is 1.36. The van der Waals surface area contributed by atoms with Gasteiger partial charge in [0.1, 0.15) is 17.8 Å². The Kier molecular flexibility index (Phi) is 2.20. The Bertz CT molecular complexity index is 448. The number of nitrogen functional groups attached to an aromatic ring is 1. The Labute approximate surface area is 87.7 Å². The second-order valence-electron chi connectivity index (χ2n) is 2.62. The average Bonchev–Trinajstić information content (AvgIpc) is 2.51. The second kappa shape index (κ2) is 3.38. The van der Waals surface area contributed by atoms with E-state index < -0.39 is 0 Å². The van der Waals surface area contributed by atoms with Gasteiger partial charge in [0, 0.05) is 4.47 Å². The van der Waals surface area contributed by atoms with Crippen molar-refractivity contribution >= 4 is 21.9 Å². The van der Waals surface area contributed by atoms with Crippen LogP contribution in [-0.2, 0) is 0 Å². The van der Waals surface area contributed by atoms with Gasteiger partial charge >= 0.3 is 0 Å². The molecule has 1 aromatic heterocycles. The summed E-state index contributed by atoms with van der Waals surface area (Å²) in [5.41, 5.74) is 5.64. The maximum atomic E-state index is 13.4. The van der Waals surface area contributed by atoms with Crippen molar-refractivity contribution in [3.05, 3.63) is 34.8 Å². The van der Waals surface area contributed by atoms with Crippen LogP contribution in [0.2, 0.25) is 0 Å². The number of aromatic nitrogens is 3. The van der Waals surface area contributed by atoms with E-state index in [9.17, 15) is 4.39 Å². The number of nitrogens with zero attached hydrogens (tertiary/aromatic N) is 3. The first-order valence-electron chi connectivity index (χ1n) is 3.80. The van der Waals surface area contributed by atoms with Gasteiger partial charge in [0.15, 0.2) is 0 Å². The summed E-state index contributed by atoms with van der Waals surface area (Å²) < 4.78 is 15.3. The van der Waals surface area contributed by atoms with Crippen molar-refractivity contribution in [2.24, 2.45) is 0 Å². The summed E-state index contributed by atoms with van der Waals surface area (Å²) in [5.74, 6) is -0.274. The fraction of sp³-hybridized carbons (Fsp3) is 0. The van der Waals surface area contributed by atoms with Crippen LogP contribution in [0.25, 0.3) is 5.69 Å². The molecule has 6 heteroatoms. The van der Waals surface area contributed by atoms with Crippen LogP contribution in [0.3, 0.4) is 0 Å². The van der Waals surface area contributed by atoms with Gasteiger partial charge in [0.05, 0.1) is 0 Å². The first kappa shape index (κ1) is 9.14. The number of rotatable bonds is 1. The number of para-hydroxylation sites is 1. The summed E-state index contributed by atoms with van der Waals surface area (Å²) in [4.78, 5) is 3.72. The number of benzene rings is 1. The zero-order chi connectivity index (χ0) is 10.1. The van der Waals surface area contributed by atoms with Crippen LogP contribution in [0.1, 0.15) is 0 Å². The fourth-order valence-electron chi connectivity index (χ4n) is 1.09. The van der Waals surface area contributed by atoms with E-state index in [2.05, 4.69) is 26.0 Å². The van der Waals surface area contributed by atoms with Crippen molar-refractivity contribution in [2.75, 3.05) is 5.73 Å². The molecule has 14 heavy (non-hydrogen) atoms. The maximum absolute atomic E-state index is 13.4. The minimum absolute atomic E-state index is 0.111. The largest absolute Gasteiger partial charge is 0.366 e. The van der Waals surface area contributed by atoms with E-state index in [1.165, 1.54) is 17.1 Å². The van der Waals surface area contributed by atoms with Crippen molar-refractivity contribution in [1.82, 2.24) is 14.8 Å². The Morgan fingerprint density at radius 3 is 2.79 bits per heavy atom. The molecule has 0 aliphatic carbocycles. The smallest absolute Gasteiger partial charge is 0.239 e. The van der Waals surface area contributed by atoms with Crippen molar-refractivity contribution < 1.29 is 4.39 Å². The van der Waals surface area contributed by atoms with Crippen LogP contribution in [0, 0.1) is 5.82 Å². The maximum Gasteiger partial charge on any atom is 0.239 e. The van der Waals surface area contributed by atoms with Gasteiger partial charge in [-0.2, -0.15) is 0 Å². The van der Waals surface area contributed by atoms with Crippen LogP contribution >= 0.6 is 15.9 Å². The highest BCUT2D eigenvalue weighted by molar-refractivity contribution is 9.10. The van der Waals surface area contributed by atoms with Gasteiger partial charge in [-0.3, -0.25) is 0 Å². The summed E-state index contributed by atoms with van der Waals surface area (Å²) in [6.45, 7) is 0. The van der Waals surface area contributed by atoms with Crippen LogP contribution in [0.15, 0.2) is 29.0 Å². The van der Waals surface area contributed by atoms with E-state index in [1.807, 2.05) is 0 Å². The van der Waals surface area contributed by atoms with Gasteiger partial charge < -0.3 is 5.73 Å². The molecule has 0 saturated carbocycles. The first-order chi connectivity index (χ1) is 6.68. The SMILES string of the molecule is Nc1ncn(-c2c(F)cccc2Br)n1. The molecule has 0 aliphatic heterocycles. The highest BCUT2D eigenvalue weighted by atomic mass is 79.9. The molecule has 4 nitrogen and oxygen atoms in total. The van der Waals surface area contributed by atoms with Crippen LogP contribution in [0.4, 0.5) is 10.3 Å². The molecule has 1 aromatic carbocycles. The molecule has 0 saturated heterocycles. The van der Waals surface area contributed by atoms with Crippen molar-refractivity contribution in [2.45, 2.75) is 0 Å². The molecule has 0 spiro atoms. The predicted molar refractivity (Wildman–Crippen MR) is 53.4 cm³/mol. The predicted octanol–water partition coefficient (Wildman–Crippen LogP) is 1.75. The van der Waals surface area contributed by atoms with Gasteiger partial charge in [-0.25, -0.2) is 14.1 Å². The van der Waals surface area contributed by atoms with E-state index in [1.54, 1.807) is 12.1 Å². The Hall–Kier alpha value is -1.43. The molecule has 0 radical (unpaired) electrons. The third-order valence-electron chi connectivity index (χ3n) is 1.68. The molecule has 0 fully saturated rings. The van der Waals surface area contributed by atoms with Gasteiger partial charge in [0.25, 0.3) is 0 Å². The van der Waals surface area contributed by atoms with Crippen LogP contribution in [0.5, 0.6) is 0 Å². The molecule has 0 amide bonds. The Morgan fingerprint density at radius 2 is 2.21 bits per heavy atom. The van der Waals surface area contributed by atoms with Crippen molar-refractivity contribution in [3.63, 3.8) is 0 Å². The van der Waals surface area contributed by atoms with E-state index >= 15 is 0 Å². The van der Waals surface area contributed by atoms with Crippen molar-refractivity contribution in [1.29, 1.82) is 0 Å². The minimum Gasteiger partial charge on any atom is -0.366 e. The third kappa shape index (κ3) is 1.48. The standard InChI is InChI=1S/C8H6BrFN4/c9-5-2-1-3-6(10)7(5)14-4-12-8(11)13-14/h1-4H,(H2,11,13). The molecule has 0 atom stereocenters. The molecule has 0 unspecified atom stereocenters. The lowest BCUT2D eigenvalue weighted by molar-refractivity contribution is 0.609. The monoisotopic (exact) mass is 256 g/mol. The number of halogens is 2. The fourth-order valence-corrected chi connectivity index (χ4v) is 1.62. The minimum atomic E-state index is -0.385. The molecule has 0 bridgehead atoms. The average molecular weight is 257 g/mol. The summed E-state index contributed by atoms with van der Waals surface area (Å²) in [5, 5.41) is 3.82. The molecule has 2 N–H and O–H groups in total. The highest BCUT2D eigenvalue weighted by Gasteiger charge is 2.09. The zero-order valence-corrected chi connectivity index (χ0v) is 8.57. The van der Waals surface area contributed by atoms with E-state index in [4.69, 9.17) is 5.73 Å². The normalized spacial score (nSPS) is 10.4. The van der Waals surface area contributed by atoms with Gasteiger partial charge in [-0.15, -0.1) is 5.10 Å². The molecule has 72 valence electrons. The van der Waals surface area contributed by atoms with E-state index in [-0.39, 0.29) is 11.8 Å². The van der Waals surface area contributed by atoms with Crippen LogP contribution in [-0.4, -0.2) is 14.8 Å². The van der Waals surface area contributed by atoms with E-state index in [0.29, 0.717) is 10.2 Å². The van der Waals surface area contributed by atoms with Gasteiger partial charge in [-0.05, 0) is 28.1 Å². The Balaban J connectivity index is 2.61. The van der Waals surface area contributed by atoms with E-state index in [0.717, 1.165) is 0 Å². The van der Waals surface area contributed by atoms with Gasteiger partial charge in [-0.1, -0.05) is 6.07 Å². The number of hydrogen-bond donors (Lipinski definition) is 1. The third-order valence-corrected chi connectivity index (χ3v) is 2.32. The van der Waals surface area contributed by atoms with Crippen molar-refractivity contribution in [3.8, 4) is 5.69 Å². The summed E-state index contributed by atoms with van der Waals surface area (Å²) in [7, 11) is 0. The lowest BCUT2D eigenvalue weighted by Gasteiger charge is -2.03. The Morgan fingerprint density at radius 1 is 1.43 bits per heavy atom. The molecule has 2 rings (SSSR count). The zero-order valence-electron chi connectivity index (χ0n) is 6.98. The lowest BCUT2D eigenvalue weighted by Crippen LogP contribution is -2.00. The lowest BCUT2D eigenvalue weighted by atomic mass is 10.3. The summed E-state index contributed by atoms with van der Waals surface area (Å²) >= 11 is 3.22. The quantitative estimate of drug-likeness (QED) is 0.846. The number of hydrogen-bond acceptors (Lipinski definition) is 3. The van der Waals surface area contributed by atoms with Crippen LogP contribution < -0.4 is 5.73 Å². The molecule has 0 aliphatic rings. The molecule has 1 heterocycles. The molecular formula is C8H6BrFN4. The first-order valence-corrected chi connectivity index (χ1v) is 4.59. The summed E-state index contributed by atoms with van der Waals surface area (Å²) in [6, 6.07) is 4.66. The topological polar surface area (TPSA) is 56.7 Å². The number of nitrogens with two attached hydrogens (primary N) is 1. The highest BCUT2D eigenvalue weighted by Crippen LogP contribution is 2.22. The van der Waals surface area contributed by atoms with Gasteiger partial charge in [0.2, 0.25) is 5.95 Å². The molecule has 2 aromatic rings. The second-order valence-corrected chi connectivity index (χ2v) is 3.47. The number of anilines is 1. The molecular weight excluding hydrogens is 251 g/mol.